The monoisotopic (exact) mass is 522 g/mol. The molecule has 10 heteroatoms. The Balaban J connectivity index is 1.45. The van der Waals surface area contributed by atoms with Gasteiger partial charge in [0.2, 0.25) is 5.91 Å². The summed E-state index contributed by atoms with van der Waals surface area (Å²) >= 11 is 6.44. The van der Waals surface area contributed by atoms with Crippen molar-refractivity contribution in [3.8, 4) is 5.75 Å². The highest BCUT2D eigenvalue weighted by molar-refractivity contribution is 6.32. The van der Waals surface area contributed by atoms with E-state index in [-0.39, 0.29) is 41.9 Å². The van der Waals surface area contributed by atoms with E-state index in [0.717, 1.165) is 25.7 Å². The third-order valence-corrected chi connectivity index (χ3v) is 6.53. The first kappa shape index (κ1) is 26.1. The molecule has 3 aromatic rings. The normalized spacial score (nSPS) is 17.0. The Kier molecular flexibility index (Phi) is 8.35. The molecule has 0 bridgehead atoms. The number of hydrogen-bond donors (Lipinski definition) is 4. The lowest BCUT2D eigenvalue weighted by molar-refractivity contribution is -0.117. The van der Waals surface area contributed by atoms with Gasteiger partial charge in [0.1, 0.15) is 36.1 Å². The highest BCUT2D eigenvalue weighted by Gasteiger charge is 2.24. The summed E-state index contributed by atoms with van der Waals surface area (Å²) in [6.07, 6.45) is 5.92. The predicted molar refractivity (Wildman–Crippen MR) is 143 cm³/mol. The second kappa shape index (κ2) is 11.8. The number of benzene rings is 2. The number of halogens is 2. The van der Waals surface area contributed by atoms with E-state index in [0.29, 0.717) is 33.3 Å². The maximum Gasteiger partial charge on any atom is 0.243 e. The van der Waals surface area contributed by atoms with E-state index < -0.39 is 0 Å². The molecule has 5 N–H and O–H groups in total. The number of amides is 1. The van der Waals surface area contributed by atoms with Crippen LogP contribution in [0.1, 0.15) is 42.4 Å². The number of nitrogens with two attached hydrogens (primary N) is 1. The molecular formula is C27H28ClFN6O2. The number of ether oxygens (including phenoxy) is 1. The molecule has 1 amide bonds. The topological polar surface area (TPSA) is 126 Å². The molecule has 0 spiro atoms. The third-order valence-electron chi connectivity index (χ3n) is 6.23. The molecule has 0 atom stereocenters. The largest absolute Gasteiger partial charge is 0.487 e. The Morgan fingerprint density at radius 1 is 1.19 bits per heavy atom. The lowest BCUT2D eigenvalue weighted by Gasteiger charge is -2.30. The van der Waals surface area contributed by atoms with Crippen LogP contribution in [0.15, 0.2) is 61.4 Å². The van der Waals surface area contributed by atoms with Gasteiger partial charge in [-0.05, 0) is 67.7 Å². The summed E-state index contributed by atoms with van der Waals surface area (Å²) in [5, 5.41) is 15.5. The average Bonchev–Trinajstić information content (AvgIpc) is 2.89. The van der Waals surface area contributed by atoms with Crippen LogP contribution in [0, 0.1) is 11.2 Å². The first-order valence-electron chi connectivity index (χ1n) is 11.9. The molecule has 37 heavy (non-hydrogen) atoms. The van der Waals surface area contributed by atoms with Gasteiger partial charge in [0, 0.05) is 17.6 Å². The second-order valence-electron chi connectivity index (χ2n) is 8.83. The van der Waals surface area contributed by atoms with E-state index in [2.05, 4.69) is 27.2 Å². The lowest BCUT2D eigenvalue weighted by Crippen LogP contribution is -2.39. The molecule has 0 saturated heterocycles. The Morgan fingerprint density at radius 3 is 2.65 bits per heavy atom. The summed E-state index contributed by atoms with van der Waals surface area (Å²) in [7, 11) is 0. The number of nitrogen functional groups attached to an aromatic ring is 1. The molecule has 1 saturated carbocycles. The van der Waals surface area contributed by atoms with Crippen LogP contribution in [0.3, 0.4) is 0 Å². The van der Waals surface area contributed by atoms with E-state index in [9.17, 15) is 9.18 Å². The van der Waals surface area contributed by atoms with Crippen LogP contribution in [0.2, 0.25) is 5.02 Å². The predicted octanol–water partition coefficient (Wildman–Crippen LogP) is 4.87. The molecule has 1 aliphatic carbocycles. The van der Waals surface area contributed by atoms with Gasteiger partial charge in [0.25, 0.3) is 0 Å². The number of rotatable bonds is 9. The number of anilines is 2. The Bertz CT molecular complexity index is 1310. The molecular weight excluding hydrogens is 495 g/mol. The molecule has 1 aromatic heterocycles. The number of carbonyl (C=O) groups is 1. The molecule has 1 fully saturated rings. The number of nitrogens with one attached hydrogen (secondary N) is 3. The summed E-state index contributed by atoms with van der Waals surface area (Å²) in [4.78, 5) is 20.0. The summed E-state index contributed by atoms with van der Waals surface area (Å²) < 4.78 is 19.2. The fourth-order valence-electron chi connectivity index (χ4n) is 4.30. The summed E-state index contributed by atoms with van der Waals surface area (Å²) in [6, 6.07) is 11.4. The molecule has 192 valence electrons. The van der Waals surface area contributed by atoms with Crippen LogP contribution in [-0.4, -0.2) is 33.7 Å². The summed E-state index contributed by atoms with van der Waals surface area (Å²) in [6.45, 7) is 3.65. The first-order valence-corrected chi connectivity index (χ1v) is 12.3. The second-order valence-corrected chi connectivity index (χ2v) is 9.23. The molecule has 0 radical (unpaired) electrons. The van der Waals surface area contributed by atoms with Crippen molar-refractivity contribution in [1.29, 1.82) is 5.41 Å². The van der Waals surface area contributed by atoms with E-state index >= 15 is 0 Å². The van der Waals surface area contributed by atoms with Gasteiger partial charge in [-0.15, -0.1) is 0 Å². The van der Waals surface area contributed by atoms with Crippen LogP contribution in [0.5, 0.6) is 5.75 Å². The van der Waals surface area contributed by atoms with Gasteiger partial charge in [-0.25, -0.2) is 14.4 Å². The number of hydrogen-bond acceptors (Lipinski definition) is 7. The number of aromatic nitrogens is 2. The van der Waals surface area contributed by atoms with E-state index in [1.165, 1.54) is 24.5 Å². The zero-order chi connectivity index (χ0) is 26.4. The third kappa shape index (κ3) is 6.62. The highest BCUT2D eigenvalue weighted by atomic mass is 35.5. The van der Waals surface area contributed by atoms with Crippen molar-refractivity contribution < 1.29 is 13.9 Å². The first-order chi connectivity index (χ1) is 17.8. The minimum Gasteiger partial charge on any atom is -0.487 e. The standard InChI is InChI=1S/C27H28ClFN6O2/c1-2-23(36)34-19-7-9-20(10-8-19)35-27-24(26(31)32-15-33-27)25(30)17-6-11-22(21(28)13-17)37-14-16-4-3-5-18(29)12-16/h2-6,11-13,15,19-20,30H,1,7-10,14H2,(H,34,36)(H3,31,32,33,35). The molecule has 0 aliphatic heterocycles. The smallest absolute Gasteiger partial charge is 0.243 e. The van der Waals surface area contributed by atoms with E-state index in [1.807, 2.05) is 0 Å². The molecule has 4 rings (SSSR count). The molecule has 1 heterocycles. The van der Waals surface area contributed by atoms with Crippen molar-refractivity contribution >= 4 is 34.9 Å². The van der Waals surface area contributed by atoms with Gasteiger partial charge in [0.15, 0.2) is 0 Å². The number of nitrogens with zero attached hydrogens (tertiary/aromatic N) is 2. The van der Waals surface area contributed by atoms with Gasteiger partial charge < -0.3 is 21.1 Å². The van der Waals surface area contributed by atoms with Crippen molar-refractivity contribution in [3.63, 3.8) is 0 Å². The van der Waals surface area contributed by atoms with Crippen LogP contribution >= 0.6 is 11.6 Å². The van der Waals surface area contributed by atoms with Crippen LogP contribution in [0.25, 0.3) is 0 Å². The maximum atomic E-state index is 13.4. The zero-order valence-electron chi connectivity index (χ0n) is 20.1. The van der Waals surface area contributed by atoms with Crippen LogP contribution in [0.4, 0.5) is 16.0 Å². The van der Waals surface area contributed by atoms with Crippen molar-refractivity contribution in [3.05, 3.63) is 89.0 Å². The maximum absolute atomic E-state index is 13.4. The quantitative estimate of drug-likeness (QED) is 0.234. The van der Waals surface area contributed by atoms with Crippen molar-refractivity contribution in [1.82, 2.24) is 15.3 Å². The Hall–Kier alpha value is -3.98. The molecule has 1 aliphatic rings. The highest BCUT2D eigenvalue weighted by Crippen LogP contribution is 2.30. The minimum atomic E-state index is -0.337. The van der Waals surface area contributed by atoms with Gasteiger partial charge in [-0.2, -0.15) is 0 Å². The Morgan fingerprint density at radius 2 is 1.95 bits per heavy atom. The van der Waals surface area contributed by atoms with Crippen molar-refractivity contribution in [2.45, 2.75) is 44.4 Å². The summed E-state index contributed by atoms with van der Waals surface area (Å²) in [5.41, 5.74) is 7.87. The van der Waals surface area contributed by atoms with Crippen molar-refractivity contribution in [2.24, 2.45) is 0 Å². The molecule has 2 aromatic carbocycles. The van der Waals surface area contributed by atoms with Crippen molar-refractivity contribution in [2.75, 3.05) is 11.1 Å². The fraction of sp³-hybridized carbons (Fsp3) is 0.259. The van der Waals surface area contributed by atoms with Crippen LogP contribution < -0.4 is 21.1 Å². The average molecular weight is 523 g/mol. The van der Waals surface area contributed by atoms with Gasteiger partial charge in [-0.1, -0.05) is 30.3 Å². The summed E-state index contributed by atoms with van der Waals surface area (Å²) in [5.74, 6) is 0.560. The van der Waals surface area contributed by atoms with E-state index in [4.69, 9.17) is 27.5 Å². The van der Waals surface area contributed by atoms with E-state index in [1.54, 1.807) is 30.3 Å². The van der Waals surface area contributed by atoms with Crippen LogP contribution in [-0.2, 0) is 11.4 Å². The molecule has 8 nitrogen and oxygen atoms in total. The fourth-order valence-corrected chi connectivity index (χ4v) is 4.53. The zero-order valence-corrected chi connectivity index (χ0v) is 20.9. The molecule has 0 unspecified atom stereocenters. The van der Waals surface area contributed by atoms with Gasteiger partial charge in [-0.3, -0.25) is 10.2 Å². The van der Waals surface area contributed by atoms with Gasteiger partial charge >= 0.3 is 0 Å². The lowest BCUT2D eigenvalue weighted by atomic mass is 9.91. The minimum absolute atomic E-state index is 0.111. The SMILES string of the molecule is C=CC(=O)NC1CCC(Nc2ncnc(N)c2C(=N)c2ccc(OCc3cccc(F)c3)c(Cl)c2)CC1. The van der Waals surface area contributed by atoms with Gasteiger partial charge in [0.05, 0.1) is 16.3 Å². The Labute approximate surface area is 219 Å². The number of carbonyl (C=O) groups excluding carboxylic acids is 1.